The third-order valence-corrected chi connectivity index (χ3v) is 6.61. The van der Waals surface area contributed by atoms with Crippen LogP contribution in [0.4, 0.5) is 13.2 Å². The molecule has 1 unspecified atom stereocenters. The molecule has 1 aromatic carbocycles. The number of carboxylic acid groups (broad SMARTS) is 1. The Labute approximate surface area is 190 Å². The molecule has 1 spiro atoms. The van der Waals surface area contributed by atoms with Gasteiger partial charge in [0, 0.05) is 36.7 Å². The van der Waals surface area contributed by atoms with E-state index in [-0.39, 0.29) is 11.4 Å². The van der Waals surface area contributed by atoms with Crippen LogP contribution in [-0.2, 0) is 9.53 Å². The summed E-state index contributed by atoms with van der Waals surface area (Å²) in [7, 11) is 2.23. The standard InChI is InChI=1S/C21H28N2O3.C2HF3O2/c1-3-25-15-17-8-9-21(22(17)2)10-12-23(13-11-21)20(24)19-14-16-6-4-5-7-18(16)26-19;3-2(4,5)1(6)7/h4-7,14,17H,3,8-13,15H2,1-2H3;(H,6,7). The number of nitrogens with zero attached hydrogens (tertiary/aromatic N) is 2. The van der Waals surface area contributed by atoms with Crippen LogP contribution in [0.3, 0.4) is 0 Å². The minimum atomic E-state index is -5.08. The summed E-state index contributed by atoms with van der Waals surface area (Å²) in [4.78, 5) is 26.2. The summed E-state index contributed by atoms with van der Waals surface area (Å²) in [5.41, 5.74) is 1.01. The van der Waals surface area contributed by atoms with Gasteiger partial charge in [-0.3, -0.25) is 9.69 Å². The van der Waals surface area contributed by atoms with Crippen LogP contribution in [0.5, 0.6) is 0 Å². The smallest absolute Gasteiger partial charge is 0.475 e. The molecule has 10 heteroatoms. The van der Waals surface area contributed by atoms with Crippen molar-refractivity contribution in [2.75, 3.05) is 33.4 Å². The number of hydrogen-bond donors (Lipinski definition) is 1. The molecule has 4 rings (SSSR count). The Bertz CT molecular complexity index is 933. The lowest BCUT2D eigenvalue weighted by Gasteiger charge is -2.44. The first-order valence-electron chi connectivity index (χ1n) is 11.0. The maximum atomic E-state index is 12.9. The number of rotatable bonds is 4. The molecule has 0 aliphatic carbocycles. The molecule has 7 nitrogen and oxygen atoms in total. The lowest BCUT2D eigenvalue weighted by molar-refractivity contribution is -0.192. The molecule has 1 aromatic heterocycles. The third kappa shape index (κ3) is 5.67. The summed E-state index contributed by atoms with van der Waals surface area (Å²) in [6.07, 6.45) is -0.641. The number of amides is 1. The Kier molecular flexibility index (Phi) is 7.69. The first-order valence-corrected chi connectivity index (χ1v) is 11.0. The quantitative estimate of drug-likeness (QED) is 0.722. The van der Waals surface area contributed by atoms with Crippen molar-refractivity contribution in [2.24, 2.45) is 0 Å². The van der Waals surface area contributed by atoms with Crippen LogP contribution < -0.4 is 0 Å². The van der Waals surface area contributed by atoms with Gasteiger partial charge < -0.3 is 19.2 Å². The number of ether oxygens (including phenoxy) is 1. The van der Waals surface area contributed by atoms with Gasteiger partial charge in [0.1, 0.15) is 5.58 Å². The van der Waals surface area contributed by atoms with Crippen molar-refractivity contribution in [2.45, 2.75) is 50.4 Å². The van der Waals surface area contributed by atoms with E-state index in [2.05, 4.69) is 11.9 Å². The van der Waals surface area contributed by atoms with Crippen molar-refractivity contribution in [3.05, 3.63) is 36.1 Å². The largest absolute Gasteiger partial charge is 0.490 e. The fraction of sp³-hybridized carbons (Fsp3) is 0.565. The topological polar surface area (TPSA) is 83.2 Å². The lowest BCUT2D eigenvalue weighted by Crippen LogP contribution is -2.54. The van der Waals surface area contributed by atoms with Gasteiger partial charge in [0.25, 0.3) is 5.91 Å². The van der Waals surface area contributed by atoms with Crippen LogP contribution in [0.15, 0.2) is 34.7 Å². The number of carbonyl (C=O) groups is 2. The number of fused-ring (bicyclic) bond motifs is 1. The highest BCUT2D eigenvalue weighted by molar-refractivity contribution is 5.96. The Morgan fingerprint density at radius 3 is 2.42 bits per heavy atom. The number of carboxylic acids is 1. The minimum absolute atomic E-state index is 0.0163. The average molecular weight is 470 g/mol. The van der Waals surface area contributed by atoms with Gasteiger partial charge in [-0.25, -0.2) is 4.79 Å². The number of para-hydroxylation sites is 1. The van der Waals surface area contributed by atoms with Crippen molar-refractivity contribution in [1.29, 1.82) is 0 Å². The summed E-state index contributed by atoms with van der Waals surface area (Å²) in [5.74, 6) is -2.29. The molecule has 2 aromatic rings. The second-order valence-corrected chi connectivity index (χ2v) is 8.43. The molecule has 33 heavy (non-hydrogen) atoms. The second kappa shape index (κ2) is 10.1. The van der Waals surface area contributed by atoms with Gasteiger partial charge in [-0.15, -0.1) is 0 Å². The SMILES string of the molecule is CCOCC1CCC2(CCN(C(=O)c3cc4ccccc4o3)CC2)N1C.O=C(O)C(F)(F)F. The molecular formula is C23H29F3N2O5. The van der Waals surface area contributed by atoms with Gasteiger partial charge >= 0.3 is 12.1 Å². The molecule has 182 valence electrons. The van der Waals surface area contributed by atoms with Crippen molar-refractivity contribution >= 4 is 22.8 Å². The highest BCUT2D eigenvalue weighted by Gasteiger charge is 2.46. The maximum absolute atomic E-state index is 12.9. The van der Waals surface area contributed by atoms with Crippen molar-refractivity contribution in [3.63, 3.8) is 0 Å². The number of alkyl halides is 3. The average Bonchev–Trinajstić information content (AvgIpc) is 3.34. The number of likely N-dealkylation sites (tertiary alicyclic amines) is 2. The molecule has 0 bridgehead atoms. The van der Waals surface area contributed by atoms with Gasteiger partial charge in [0.05, 0.1) is 6.61 Å². The number of likely N-dealkylation sites (N-methyl/N-ethyl adjacent to an activating group) is 1. The number of carbonyl (C=O) groups excluding carboxylic acids is 1. The Hall–Kier alpha value is -2.59. The number of piperidine rings is 1. The fourth-order valence-electron chi connectivity index (χ4n) is 4.61. The van der Waals surface area contributed by atoms with Gasteiger partial charge in [0.15, 0.2) is 5.76 Å². The molecule has 0 saturated carbocycles. The first-order chi connectivity index (χ1) is 15.6. The van der Waals surface area contributed by atoms with Gasteiger partial charge in [0.2, 0.25) is 0 Å². The van der Waals surface area contributed by atoms with E-state index in [0.717, 1.165) is 50.1 Å². The van der Waals surface area contributed by atoms with Crippen LogP contribution in [0.25, 0.3) is 11.0 Å². The van der Waals surface area contributed by atoms with Crippen LogP contribution in [0.1, 0.15) is 43.2 Å². The van der Waals surface area contributed by atoms with Crippen LogP contribution in [-0.4, -0.2) is 77.9 Å². The number of halogens is 3. The zero-order valence-electron chi connectivity index (χ0n) is 18.7. The van der Waals surface area contributed by atoms with Crippen molar-refractivity contribution in [3.8, 4) is 0 Å². The van der Waals surface area contributed by atoms with E-state index >= 15 is 0 Å². The molecule has 2 aliphatic heterocycles. The normalized spacial score (nSPS) is 20.6. The molecule has 2 saturated heterocycles. The monoisotopic (exact) mass is 470 g/mol. The lowest BCUT2D eigenvalue weighted by atomic mass is 9.85. The summed E-state index contributed by atoms with van der Waals surface area (Å²) < 4.78 is 43.1. The van der Waals surface area contributed by atoms with Crippen LogP contribution in [0.2, 0.25) is 0 Å². The van der Waals surface area contributed by atoms with E-state index < -0.39 is 12.1 Å². The van der Waals surface area contributed by atoms with E-state index in [1.54, 1.807) is 0 Å². The molecule has 1 N–H and O–H groups in total. The number of furan rings is 1. The third-order valence-electron chi connectivity index (χ3n) is 6.61. The van der Waals surface area contributed by atoms with Gasteiger partial charge in [-0.2, -0.15) is 13.2 Å². The number of aliphatic carboxylic acids is 1. The molecule has 2 aliphatic rings. The molecule has 2 fully saturated rings. The molecule has 1 atom stereocenters. The molecular weight excluding hydrogens is 441 g/mol. The molecule has 3 heterocycles. The predicted molar refractivity (Wildman–Crippen MR) is 115 cm³/mol. The van der Waals surface area contributed by atoms with E-state index in [1.165, 1.54) is 12.8 Å². The Morgan fingerprint density at radius 1 is 1.21 bits per heavy atom. The van der Waals surface area contributed by atoms with E-state index in [4.69, 9.17) is 19.1 Å². The van der Waals surface area contributed by atoms with E-state index in [0.29, 0.717) is 11.8 Å². The highest BCUT2D eigenvalue weighted by Crippen LogP contribution is 2.40. The second-order valence-electron chi connectivity index (χ2n) is 8.43. The maximum Gasteiger partial charge on any atom is 0.490 e. The summed E-state index contributed by atoms with van der Waals surface area (Å²) >= 11 is 0. The fourth-order valence-corrected chi connectivity index (χ4v) is 4.61. The summed E-state index contributed by atoms with van der Waals surface area (Å²) in [6.45, 7) is 5.23. The van der Waals surface area contributed by atoms with Crippen molar-refractivity contribution < 1.29 is 37.0 Å². The first kappa shape index (κ1) is 25.0. The highest BCUT2D eigenvalue weighted by atomic mass is 19.4. The van der Waals surface area contributed by atoms with E-state index in [1.807, 2.05) is 42.2 Å². The van der Waals surface area contributed by atoms with E-state index in [9.17, 15) is 18.0 Å². The molecule has 1 amide bonds. The Morgan fingerprint density at radius 2 is 1.85 bits per heavy atom. The zero-order valence-corrected chi connectivity index (χ0v) is 18.7. The number of benzene rings is 1. The predicted octanol–water partition coefficient (Wildman–Crippen LogP) is 4.17. The van der Waals surface area contributed by atoms with Crippen LogP contribution in [0, 0.1) is 0 Å². The van der Waals surface area contributed by atoms with Gasteiger partial charge in [-0.1, -0.05) is 18.2 Å². The minimum Gasteiger partial charge on any atom is -0.475 e. The molecule has 0 radical (unpaired) electrons. The van der Waals surface area contributed by atoms with Gasteiger partial charge in [-0.05, 0) is 51.8 Å². The van der Waals surface area contributed by atoms with Crippen LogP contribution >= 0.6 is 0 Å². The number of hydrogen-bond acceptors (Lipinski definition) is 5. The summed E-state index contributed by atoms with van der Waals surface area (Å²) in [5, 5.41) is 8.11. The van der Waals surface area contributed by atoms with Crippen molar-refractivity contribution in [1.82, 2.24) is 9.80 Å². The zero-order chi connectivity index (χ0) is 24.2. The Balaban J connectivity index is 0.000000383. The summed E-state index contributed by atoms with van der Waals surface area (Å²) in [6, 6.07) is 10.1.